The van der Waals surface area contributed by atoms with Gasteiger partial charge in [0, 0.05) is 11.5 Å². The van der Waals surface area contributed by atoms with Gasteiger partial charge >= 0.3 is 5.97 Å². The number of hydrogen-bond donors (Lipinski definition) is 1. The summed E-state index contributed by atoms with van der Waals surface area (Å²) in [5.74, 6) is 0.357. The molecule has 0 radical (unpaired) electrons. The molecule has 0 spiro atoms. The zero-order valence-electron chi connectivity index (χ0n) is 17.5. The molecular weight excluding hydrogens is 380 g/mol. The first kappa shape index (κ1) is 22.1. The number of hydrogen-bond acceptors (Lipinski definition) is 8. The summed E-state index contributed by atoms with van der Waals surface area (Å²) in [6, 6.07) is 4.92. The molecule has 0 unspecified atom stereocenters. The van der Waals surface area contributed by atoms with Crippen LogP contribution in [0.25, 0.3) is 0 Å². The van der Waals surface area contributed by atoms with Crippen LogP contribution in [0.15, 0.2) is 22.7 Å². The highest BCUT2D eigenvalue weighted by Crippen LogP contribution is 2.38. The summed E-state index contributed by atoms with van der Waals surface area (Å²) >= 11 is 0. The summed E-state index contributed by atoms with van der Waals surface area (Å²) in [4.78, 5) is 24.1. The Labute approximate surface area is 169 Å². The van der Waals surface area contributed by atoms with Crippen LogP contribution in [0.4, 0.5) is 5.88 Å². The number of methoxy groups -OCH3 is 3. The Bertz CT molecular complexity index is 843. The van der Waals surface area contributed by atoms with Gasteiger partial charge in [-0.25, -0.2) is 0 Å². The Kier molecular flexibility index (Phi) is 7.08. The number of aromatic nitrogens is 1. The van der Waals surface area contributed by atoms with E-state index in [2.05, 4.69) is 10.5 Å². The highest BCUT2D eigenvalue weighted by molar-refractivity contribution is 5.91. The van der Waals surface area contributed by atoms with Crippen molar-refractivity contribution in [3.05, 3.63) is 29.5 Å². The Morgan fingerprint density at radius 1 is 1.03 bits per heavy atom. The molecule has 9 heteroatoms. The van der Waals surface area contributed by atoms with Crippen LogP contribution < -0.4 is 19.5 Å². The second-order valence-electron chi connectivity index (χ2n) is 7.25. The second-order valence-corrected chi connectivity index (χ2v) is 7.25. The number of rotatable bonds is 8. The predicted molar refractivity (Wildman–Crippen MR) is 105 cm³/mol. The van der Waals surface area contributed by atoms with E-state index in [-0.39, 0.29) is 17.7 Å². The zero-order valence-corrected chi connectivity index (χ0v) is 17.5. The zero-order chi connectivity index (χ0) is 21.6. The van der Waals surface area contributed by atoms with Gasteiger partial charge in [0.25, 0.3) is 5.91 Å². The molecule has 1 heterocycles. The number of nitrogens with one attached hydrogen (secondary N) is 1. The van der Waals surface area contributed by atoms with Gasteiger partial charge in [-0.05, 0) is 17.7 Å². The third-order valence-electron chi connectivity index (χ3n) is 3.98. The molecule has 1 amide bonds. The molecule has 1 N–H and O–H groups in total. The van der Waals surface area contributed by atoms with E-state index < -0.39 is 18.5 Å². The first-order valence-electron chi connectivity index (χ1n) is 8.89. The van der Waals surface area contributed by atoms with Gasteiger partial charge < -0.3 is 23.5 Å². The molecule has 0 aliphatic rings. The molecule has 9 nitrogen and oxygen atoms in total. The first-order valence-corrected chi connectivity index (χ1v) is 8.89. The summed E-state index contributed by atoms with van der Waals surface area (Å²) < 4.78 is 25.9. The predicted octanol–water partition coefficient (Wildman–Crippen LogP) is 2.72. The van der Waals surface area contributed by atoms with Crippen molar-refractivity contribution in [2.75, 3.05) is 33.3 Å². The third kappa shape index (κ3) is 5.87. The van der Waals surface area contributed by atoms with Crippen molar-refractivity contribution in [1.29, 1.82) is 0 Å². The monoisotopic (exact) mass is 406 g/mol. The van der Waals surface area contributed by atoms with Gasteiger partial charge in [0.1, 0.15) is 0 Å². The van der Waals surface area contributed by atoms with Crippen molar-refractivity contribution in [1.82, 2.24) is 5.16 Å². The van der Waals surface area contributed by atoms with Gasteiger partial charge in [0.05, 0.1) is 33.4 Å². The fourth-order valence-corrected chi connectivity index (χ4v) is 2.46. The van der Waals surface area contributed by atoms with E-state index in [0.717, 1.165) is 0 Å². The van der Waals surface area contributed by atoms with Crippen LogP contribution in [-0.4, -0.2) is 45.0 Å². The van der Waals surface area contributed by atoms with Crippen LogP contribution in [0.3, 0.4) is 0 Å². The Morgan fingerprint density at radius 2 is 1.66 bits per heavy atom. The molecule has 0 saturated carbocycles. The van der Waals surface area contributed by atoms with Gasteiger partial charge in [-0.2, -0.15) is 0 Å². The largest absolute Gasteiger partial charge is 0.493 e. The summed E-state index contributed by atoms with van der Waals surface area (Å²) in [5, 5.41) is 6.41. The van der Waals surface area contributed by atoms with Crippen molar-refractivity contribution < 1.29 is 33.1 Å². The third-order valence-corrected chi connectivity index (χ3v) is 3.98. The molecule has 1 aromatic carbocycles. The molecule has 1 aromatic heterocycles. The van der Waals surface area contributed by atoms with Crippen LogP contribution in [0.1, 0.15) is 32.0 Å². The van der Waals surface area contributed by atoms with Gasteiger partial charge in [0.15, 0.2) is 18.1 Å². The van der Waals surface area contributed by atoms with E-state index in [9.17, 15) is 9.59 Å². The van der Waals surface area contributed by atoms with Crippen molar-refractivity contribution in [3.8, 4) is 17.2 Å². The molecule has 2 rings (SSSR count). The number of anilines is 1. The maximum atomic E-state index is 12.1. The van der Waals surface area contributed by atoms with E-state index in [0.29, 0.717) is 28.5 Å². The van der Waals surface area contributed by atoms with Crippen molar-refractivity contribution in [2.45, 2.75) is 32.6 Å². The molecule has 0 fully saturated rings. The van der Waals surface area contributed by atoms with Crippen molar-refractivity contribution >= 4 is 17.8 Å². The van der Waals surface area contributed by atoms with E-state index in [4.69, 9.17) is 23.5 Å². The molecule has 0 atom stereocenters. The summed E-state index contributed by atoms with van der Waals surface area (Å²) in [6.07, 6.45) is -0.0690. The van der Waals surface area contributed by atoms with Gasteiger partial charge in [-0.15, -0.1) is 0 Å². The SMILES string of the molecule is COc1cc(CC(=O)OCC(=O)Nc2cc(C(C)(C)C)no2)cc(OC)c1OC. The molecule has 0 bridgehead atoms. The van der Waals surface area contributed by atoms with Crippen molar-refractivity contribution in [3.63, 3.8) is 0 Å². The van der Waals surface area contributed by atoms with E-state index in [1.165, 1.54) is 21.3 Å². The van der Waals surface area contributed by atoms with Crippen molar-refractivity contribution in [2.24, 2.45) is 0 Å². The number of amides is 1. The van der Waals surface area contributed by atoms with Gasteiger partial charge in [0.2, 0.25) is 11.6 Å². The average molecular weight is 406 g/mol. The van der Waals surface area contributed by atoms with E-state index in [1.54, 1.807) is 18.2 Å². The minimum Gasteiger partial charge on any atom is -0.493 e. The molecule has 158 valence electrons. The highest BCUT2D eigenvalue weighted by Gasteiger charge is 2.20. The van der Waals surface area contributed by atoms with E-state index in [1.807, 2.05) is 20.8 Å². The maximum Gasteiger partial charge on any atom is 0.310 e. The molecule has 0 aliphatic heterocycles. The Balaban J connectivity index is 1.92. The number of nitrogens with zero attached hydrogens (tertiary/aromatic N) is 1. The van der Waals surface area contributed by atoms with Crippen LogP contribution in [0.5, 0.6) is 17.2 Å². The fraction of sp³-hybridized carbons (Fsp3) is 0.450. The summed E-state index contributed by atoms with van der Waals surface area (Å²) in [5.41, 5.74) is 1.08. The molecule has 2 aromatic rings. The maximum absolute atomic E-state index is 12.1. The van der Waals surface area contributed by atoms with Gasteiger partial charge in [-0.3, -0.25) is 14.9 Å². The number of esters is 1. The van der Waals surface area contributed by atoms with Crippen LogP contribution in [0.2, 0.25) is 0 Å². The minimum absolute atomic E-state index is 0.0690. The lowest BCUT2D eigenvalue weighted by Crippen LogP contribution is -2.21. The molecular formula is C20H26N2O7. The molecule has 0 saturated heterocycles. The number of ether oxygens (including phenoxy) is 4. The van der Waals surface area contributed by atoms with Crippen LogP contribution in [-0.2, 0) is 26.2 Å². The smallest absolute Gasteiger partial charge is 0.310 e. The lowest BCUT2D eigenvalue weighted by atomic mass is 9.92. The fourth-order valence-electron chi connectivity index (χ4n) is 2.46. The average Bonchev–Trinajstić information content (AvgIpc) is 3.14. The Morgan fingerprint density at radius 3 is 2.14 bits per heavy atom. The summed E-state index contributed by atoms with van der Waals surface area (Å²) in [7, 11) is 4.46. The number of carbonyl (C=O) groups is 2. The van der Waals surface area contributed by atoms with Crippen LogP contribution >= 0.6 is 0 Å². The standard InChI is InChI=1S/C20H26N2O7/c1-20(2,3)15-10-17(29-22-15)21-16(23)11-28-18(24)9-12-7-13(25-4)19(27-6)14(8-12)26-5/h7-8,10H,9,11H2,1-6H3,(H,21,23). The minimum atomic E-state index is -0.581. The normalized spacial score (nSPS) is 11.0. The summed E-state index contributed by atoms with van der Waals surface area (Å²) in [6.45, 7) is 5.47. The number of carbonyl (C=O) groups excluding carboxylic acids is 2. The quantitative estimate of drug-likeness (QED) is 0.667. The topological polar surface area (TPSA) is 109 Å². The second kappa shape index (κ2) is 9.31. The van der Waals surface area contributed by atoms with E-state index >= 15 is 0 Å². The molecule has 29 heavy (non-hydrogen) atoms. The van der Waals surface area contributed by atoms with Gasteiger partial charge in [-0.1, -0.05) is 25.9 Å². The number of benzene rings is 1. The van der Waals surface area contributed by atoms with Crippen LogP contribution in [0, 0.1) is 0 Å². The lowest BCUT2D eigenvalue weighted by molar-refractivity contribution is -0.146. The first-order chi connectivity index (χ1) is 13.7. The highest BCUT2D eigenvalue weighted by atomic mass is 16.5. The molecule has 0 aliphatic carbocycles. The Hall–Kier alpha value is -3.23. The lowest BCUT2D eigenvalue weighted by Gasteiger charge is -2.14.